The Kier molecular flexibility index (Phi) is 6.73. The lowest BCUT2D eigenvalue weighted by Crippen LogP contribution is -2.31. The van der Waals surface area contributed by atoms with Crippen LogP contribution in [0.25, 0.3) is 0 Å². The molecule has 1 heterocycles. The number of anilines is 1. The number of benzene rings is 2. The molecule has 9 heteroatoms. The molecule has 0 saturated carbocycles. The van der Waals surface area contributed by atoms with Crippen molar-refractivity contribution in [2.24, 2.45) is 5.73 Å². The second-order valence-corrected chi connectivity index (χ2v) is 9.70. The normalized spacial score (nSPS) is 17.8. The third-order valence-electron chi connectivity index (χ3n) is 4.93. The van der Waals surface area contributed by atoms with Crippen LogP contribution in [0, 0.1) is 0 Å². The fraction of sp³-hybridized carbons (Fsp3) is 0.350. The highest BCUT2D eigenvalue weighted by atomic mass is 35.5. The van der Waals surface area contributed by atoms with E-state index < -0.39 is 21.8 Å². The third-order valence-corrected chi connectivity index (χ3v) is 6.93. The summed E-state index contributed by atoms with van der Waals surface area (Å²) in [5, 5.41) is 0.667. The average Bonchev–Trinajstić information content (AvgIpc) is 3.17. The number of halogens is 2. The van der Waals surface area contributed by atoms with Crippen molar-refractivity contribution in [3.05, 3.63) is 63.6 Å². The number of primary amides is 1. The zero-order valence-corrected chi connectivity index (χ0v) is 18.2. The molecule has 2 unspecified atom stereocenters. The van der Waals surface area contributed by atoms with E-state index in [0.717, 1.165) is 19.1 Å². The van der Waals surface area contributed by atoms with Gasteiger partial charge in [0, 0.05) is 6.61 Å². The molecule has 1 aliphatic heterocycles. The van der Waals surface area contributed by atoms with Crippen LogP contribution in [0.1, 0.15) is 29.9 Å². The molecule has 2 N–H and O–H groups in total. The molecule has 156 valence electrons. The van der Waals surface area contributed by atoms with Crippen molar-refractivity contribution < 1.29 is 17.9 Å². The molecule has 2 aromatic carbocycles. The van der Waals surface area contributed by atoms with Gasteiger partial charge >= 0.3 is 0 Å². The molecular weight excluding hydrogens is 435 g/mol. The number of nitrogens with zero attached hydrogens (tertiary/aromatic N) is 1. The molecule has 1 amide bonds. The van der Waals surface area contributed by atoms with Crippen LogP contribution in [-0.4, -0.2) is 33.3 Å². The quantitative estimate of drug-likeness (QED) is 0.687. The summed E-state index contributed by atoms with van der Waals surface area (Å²) in [4.78, 5) is 12.0. The molecule has 3 rings (SSSR count). The molecule has 0 bridgehead atoms. The van der Waals surface area contributed by atoms with E-state index in [9.17, 15) is 13.2 Å². The molecule has 29 heavy (non-hydrogen) atoms. The fourth-order valence-electron chi connectivity index (χ4n) is 3.50. The van der Waals surface area contributed by atoms with Crippen LogP contribution in [0.4, 0.5) is 5.69 Å². The maximum Gasteiger partial charge on any atom is 0.232 e. The largest absolute Gasteiger partial charge is 0.377 e. The van der Waals surface area contributed by atoms with Gasteiger partial charge in [-0.1, -0.05) is 47.5 Å². The summed E-state index contributed by atoms with van der Waals surface area (Å²) in [7, 11) is -3.60. The first-order valence-electron chi connectivity index (χ1n) is 9.10. The molecule has 0 aromatic heterocycles. The van der Waals surface area contributed by atoms with Gasteiger partial charge < -0.3 is 10.5 Å². The van der Waals surface area contributed by atoms with E-state index in [1.807, 2.05) is 0 Å². The lowest BCUT2D eigenvalue weighted by molar-refractivity contribution is -0.122. The van der Waals surface area contributed by atoms with Gasteiger partial charge in [0.15, 0.2) is 0 Å². The Hall–Kier alpha value is -1.80. The highest BCUT2D eigenvalue weighted by Crippen LogP contribution is 2.32. The molecule has 0 spiro atoms. The van der Waals surface area contributed by atoms with Crippen molar-refractivity contribution in [3.63, 3.8) is 0 Å². The zero-order valence-electron chi connectivity index (χ0n) is 15.8. The van der Waals surface area contributed by atoms with Gasteiger partial charge in [0.2, 0.25) is 15.9 Å². The minimum absolute atomic E-state index is 0.0303. The Balaban J connectivity index is 1.91. The molecule has 0 radical (unpaired) electrons. The number of amides is 1. The first-order chi connectivity index (χ1) is 13.7. The van der Waals surface area contributed by atoms with E-state index in [1.165, 1.54) is 4.31 Å². The molecule has 2 aromatic rings. The van der Waals surface area contributed by atoms with Crippen molar-refractivity contribution in [1.82, 2.24) is 0 Å². The van der Waals surface area contributed by atoms with Gasteiger partial charge in [0.05, 0.1) is 40.6 Å². The molecular formula is C20H22Cl2N2O4S. The van der Waals surface area contributed by atoms with Crippen LogP contribution < -0.4 is 10.0 Å². The van der Waals surface area contributed by atoms with Crippen LogP contribution >= 0.6 is 23.2 Å². The Bertz CT molecular complexity index is 990. The lowest BCUT2D eigenvalue weighted by atomic mass is 9.91. The summed E-state index contributed by atoms with van der Waals surface area (Å²) in [6.07, 6.45) is 2.51. The number of carbonyl (C=O) groups is 1. The minimum Gasteiger partial charge on any atom is -0.377 e. The summed E-state index contributed by atoms with van der Waals surface area (Å²) >= 11 is 12.3. The standard InChI is InChI=1S/C20H22Cl2N2O4S/c1-29(26,27)24(12-14-4-2-5-16(21)19(14)22)15-9-7-13(8-10-15)18(20(23)25)17-6-3-11-28-17/h2,4-5,7-10,17-18H,3,6,11-12H2,1H3,(H2,23,25). The number of hydrogen-bond donors (Lipinski definition) is 1. The molecule has 0 aliphatic carbocycles. The number of rotatable bonds is 7. The van der Waals surface area contributed by atoms with Gasteiger partial charge in [0.25, 0.3) is 0 Å². The van der Waals surface area contributed by atoms with Gasteiger partial charge in [-0.3, -0.25) is 9.10 Å². The van der Waals surface area contributed by atoms with Crippen molar-refractivity contribution in [3.8, 4) is 0 Å². The van der Waals surface area contributed by atoms with Crippen LogP contribution in [0.3, 0.4) is 0 Å². The molecule has 1 saturated heterocycles. The second kappa shape index (κ2) is 8.92. The first-order valence-corrected chi connectivity index (χ1v) is 11.7. The topological polar surface area (TPSA) is 89.7 Å². The van der Waals surface area contributed by atoms with E-state index >= 15 is 0 Å². The predicted molar refractivity (Wildman–Crippen MR) is 115 cm³/mol. The first kappa shape index (κ1) is 21.9. The van der Waals surface area contributed by atoms with Crippen LogP contribution in [0.5, 0.6) is 0 Å². The molecule has 1 fully saturated rings. The van der Waals surface area contributed by atoms with E-state index in [0.29, 0.717) is 33.5 Å². The predicted octanol–water partition coefficient (Wildman–Crippen LogP) is 3.71. The van der Waals surface area contributed by atoms with E-state index in [1.54, 1.807) is 42.5 Å². The molecule has 6 nitrogen and oxygen atoms in total. The van der Waals surface area contributed by atoms with Crippen LogP contribution in [0.15, 0.2) is 42.5 Å². The number of nitrogens with two attached hydrogens (primary N) is 1. The number of carbonyl (C=O) groups excluding carboxylic acids is 1. The highest BCUT2D eigenvalue weighted by Gasteiger charge is 2.32. The van der Waals surface area contributed by atoms with Crippen molar-refractivity contribution >= 4 is 44.8 Å². The van der Waals surface area contributed by atoms with E-state index in [2.05, 4.69) is 0 Å². The summed E-state index contributed by atoms with van der Waals surface area (Å²) in [6, 6.07) is 11.8. The Morgan fingerprint density at radius 2 is 1.93 bits per heavy atom. The third kappa shape index (κ3) is 5.04. The van der Waals surface area contributed by atoms with Crippen molar-refractivity contribution in [2.45, 2.75) is 31.4 Å². The van der Waals surface area contributed by atoms with Crippen molar-refractivity contribution in [1.29, 1.82) is 0 Å². The lowest BCUT2D eigenvalue weighted by Gasteiger charge is -2.25. The number of hydrogen-bond acceptors (Lipinski definition) is 4. The number of ether oxygens (including phenoxy) is 1. The smallest absolute Gasteiger partial charge is 0.232 e. The van der Waals surface area contributed by atoms with Crippen molar-refractivity contribution in [2.75, 3.05) is 17.2 Å². The van der Waals surface area contributed by atoms with Gasteiger partial charge in [-0.05, 0) is 42.2 Å². The van der Waals surface area contributed by atoms with Gasteiger partial charge in [-0.25, -0.2) is 8.42 Å². The molecule has 2 atom stereocenters. The summed E-state index contributed by atoms with van der Waals surface area (Å²) in [6.45, 7) is 0.636. The Labute approximate surface area is 180 Å². The number of sulfonamides is 1. The SMILES string of the molecule is CS(=O)(=O)N(Cc1cccc(Cl)c1Cl)c1ccc(C(C(N)=O)C2CCCO2)cc1. The Morgan fingerprint density at radius 3 is 2.48 bits per heavy atom. The zero-order chi connectivity index (χ0) is 21.2. The second-order valence-electron chi connectivity index (χ2n) is 7.01. The fourth-order valence-corrected chi connectivity index (χ4v) is 4.76. The minimum atomic E-state index is -3.60. The molecule has 1 aliphatic rings. The van der Waals surface area contributed by atoms with Gasteiger partial charge in [0.1, 0.15) is 0 Å². The van der Waals surface area contributed by atoms with E-state index in [-0.39, 0.29) is 12.6 Å². The van der Waals surface area contributed by atoms with Crippen LogP contribution in [-0.2, 0) is 26.1 Å². The Morgan fingerprint density at radius 1 is 1.24 bits per heavy atom. The maximum atomic E-state index is 12.4. The van der Waals surface area contributed by atoms with Crippen LogP contribution in [0.2, 0.25) is 10.0 Å². The van der Waals surface area contributed by atoms with Gasteiger partial charge in [-0.2, -0.15) is 0 Å². The average molecular weight is 457 g/mol. The summed E-state index contributed by atoms with van der Waals surface area (Å²) in [5.41, 5.74) is 7.33. The van der Waals surface area contributed by atoms with Gasteiger partial charge in [-0.15, -0.1) is 0 Å². The maximum absolute atomic E-state index is 12.4. The summed E-state index contributed by atoms with van der Waals surface area (Å²) < 4.78 is 31.7. The monoisotopic (exact) mass is 456 g/mol. The highest BCUT2D eigenvalue weighted by molar-refractivity contribution is 7.92. The summed E-state index contributed by atoms with van der Waals surface area (Å²) in [5.74, 6) is -1.03. The van der Waals surface area contributed by atoms with E-state index in [4.69, 9.17) is 33.7 Å².